The highest BCUT2D eigenvalue weighted by Crippen LogP contribution is 2.17. The summed E-state index contributed by atoms with van der Waals surface area (Å²) in [6, 6.07) is 26.5. The molecule has 4 heteroatoms. The van der Waals surface area contributed by atoms with E-state index in [1.807, 2.05) is 30.3 Å². The van der Waals surface area contributed by atoms with Crippen LogP contribution in [0, 0.1) is 0 Å². The first-order chi connectivity index (χ1) is 10.4. The molecule has 3 nitrogen and oxygen atoms in total. The molecular weight excluding hydrogens is 261 g/mol. The van der Waals surface area contributed by atoms with Gasteiger partial charge < -0.3 is 10.0 Å². The van der Waals surface area contributed by atoms with Gasteiger partial charge in [-0.3, -0.25) is 4.98 Å². The predicted molar refractivity (Wildman–Crippen MR) is 86.3 cm³/mol. The summed E-state index contributed by atoms with van der Waals surface area (Å²) in [7, 11) is 0. The van der Waals surface area contributed by atoms with E-state index in [0.717, 1.165) is 0 Å². The van der Waals surface area contributed by atoms with Crippen LogP contribution >= 0.6 is 0 Å². The van der Waals surface area contributed by atoms with Crippen LogP contribution in [0.1, 0.15) is 0 Å². The van der Waals surface area contributed by atoms with Gasteiger partial charge >= 0.3 is 7.69 Å². The van der Waals surface area contributed by atoms with Crippen LogP contribution in [0.2, 0.25) is 0 Å². The number of pyridine rings is 1. The Morgan fingerprint density at radius 3 is 1.14 bits per heavy atom. The van der Waals surface area contributed by atoms with Gasteiger partial charge in [-0.2, -0.15) is 0 Å². The van der Waals surface area contributed by atoms with Crippen LogP contribution in [0.3, 0.4) is 0 Å². The zero-order valence-corrected chi connectivity index (χ0v) is 11.6. The molecule has 0 aliphatic carbocycles. The third-order valence-electron chi connectivity index (χ3n) is 2.45. The van der Waals surface area contributed by atoms with E-state index in [2.05, 4.69) is 53.5 Å². The molecule has 2 N–H and O–H groups in total. The van der Waals surface area contributed by atoms with Crippen LogP contribution in [0.4, 0.5) is 0 Å². The lowest BCUT2D eigenvalue weighted by molar-refractivity contribution is 0.448. The number of hydrogen-bond donors (Lipinski definition) is 2. The molecule has 0 spiro atoms. The van der Waals surface area contributed by atoms with E-state index in [1.54, 1.807) is 12.4 Å². The number of aromatic nitrogens is 1. The largest absolute Gasteiger partial charge is 0.482 e. The fraction of sp³-hybridized carbons (Fsp3) is 0. The molecule has 0 saturated carbocycles. The van der Waals surface area contributed by atoms with E-state index >= 15 is 0 Å². The fourth-order valence-corrected chi connectivity index (χ4v) is 1.57. The fourth-order valence-electron chi connectivity index (χ4n) is 1.57. The maximum atomic E-state index is 7.00. The minimum Gasteiger partial charge on any atom is -0.429 e. The molecule has 0 saturated heterocycles. The number of rotatable bonds is 1. The third kappa shape index (κ3) is 7.67. The predicted octanol–water partition coefficient (Wildman–Crippen LogP) is 2.94. The average Bonchev–Trinajstić information content (AvgIpc) is 2.59. The summed E-state index contributed by atoms with van der Waals surface area (Å²) >= 11 is 0. The summed E-state index contributed by atoms with van der Waals surface area (Å²) < 4.78 is 0. The average molecular weight is 278 g/mol. The quantitative estimate of drug-likeness (QED) is 0.673. The molecule has 2 aromatic carbocycles. The van der Waals surface area contributed by atoms with Gasteiger partial charge in [-0.15, -0.1) is 0 Å². The molecular formula is C17H17BNO2. The Bertz CT molecular complexity index is 498. The van der Waals surface area contributed by atoms with Gasteiger partial charge in [0.25, 0.3) is 0 Å². The van der Waals surface area contributed by atoms with E-state index in [1.165, 1.54) is 11.1 Å². The highest BCUT2D eigenvalue weighted by molar-refractivity contribution is 6.13. The van der Waals surface area contributed by atoms with Crippen LogP contribution in [0.5, 0.6) is 0 Å². The first-order valence-corrected chi connectivity index (χ1v) is 6.44. The van der Waals surface area contributed by atoms with Crippen LogP contribution in [-0.4, -0.2) is 22.7 Å². The number of hydrogen-bond acceptors (Lipinski definition) is 3. The Morgan fingerprint density at radius 1 is 0.571 bits per heavy atom. The van der Waals surface area contributed by atoms with Gasteiger partial charge in [0.15, 0.2) is 0 Å². The lowest BCUT2D eigenvalue weighted by Crippen LogP contribution is -1.75. The van der Waals surface area contributed by atoms with Crippen molar-refractivity contribution in [3.8, 4) is 11.1 Å². The zero-order valence-electron chi connectivity index (χ0n) is 11.6. The smallest absolute Gasteiger partial charge is 0.429 e. The Balaban J connectivity index is 0.000000205. The molecule has 3 rings (SSSR count). The maximum absolute atomic E-state index is 7.00. The zero-order chi connectivity index (χ0) is 15.2. The van der Waals surface area contributed by atoms with E-state index in [9.17, 15) is 0 Å². The van der Waals surface area contributed by atoms with Crippen molar-refractivity contribution in [2.24, 2.45) is 0 Å². The molecule has 3 aromatic rings. The third-order valence-corrected chi connectivity index (χ3v) is 2.45. The number of nitrogens with zero attached hydrogens (tertiary/aromatic N) is 1. The topological polar surface area (TPSA) is 53.4 Å². The van der Waals surface area contributed by atoms with Gasteiger partial charge in [0.2, 0.25) is 0 Å². The van der Waals surface area contributed by atoms with Gasteiger partial charge in [0, 0.05) is 12.4 Å². The van der Waals surface area contributed by atoms with Crippen molar-refractivity contribution in [2.45, 2.75) is 0 Å². The van der Waals surface area contributed by atoms with E-state index in [-0.39, 0.29) is 7.69 Å². The lowest BCUT2D eigenvalue weighted by atomic mass is 10.1. The number of benzene rings is 2. The standard InChI is InChI=1S/C12H10.C5H5N.BH2O2/c1-3-7-11(8-4-1)12-9-5-2-6-10-12;1-2-4-6-5-3-1;2-1-3/h1-10H;1-5H;2-3H. The van der Waals surface area contributed by atoms with Crippen molar-refractivity contribution in [1.29, 1.82) is 0 Å². The molecule has 105 valence electrons. The van der Waals surface area contributed by atoms with Gasteiger partial charge in [-0.1, -0.05) is 66.7 Å². The van der Waals surface area contributed by atoms with E-state index < -0.39 is 0 Å². The summed E-state index contributed by atoms with van der Waals surface area (Å²) in [6.45, 7) is 0. The van der Waals surface area contributed by atoms with Crippen LogP contribution in [0.25, 0.3) is 11.1 Å². The maximum Gasteiger partial charge on any atom is 0.482 e. The summed E-state index contributed by atoms with van der Waals surface area (Å²) in [5.41, 5.74) is 2.55. The molecule has 0 aliphatic rings. The minimum absolute atomic E-state index is 0. The molecule has 0 aliphatic heterocycles. The first-order valence-electron chi connectivity index (χ1n) is 6.44. The normalized spacial score (nSPS) is 8.48. The molecule has 1 radical (unpaired) electrons. The second kappa shape index (κ2) is 11.4. The van der Waals surface area contributed by atoms with E-state index in [0.29, 0.717) is 0 Å². The van der Waals surface area contributed by atoms with Crippen molar-refractivity contribution in [3.63, 3.8) is 0 Å². The molecule has 0 fully saturated rings. The molecule has 21 heavy (non-hydrogen) atoms. The molecule has 0 bridgehead atoms. The first kappa shape index (κ1) is 16.6. The lowest BCUT2D eigenvalue weighted by Gasteiger charge is -1.98. The van der Waals surface area contributed by atoms with Gasteiger partial charge in [0.1, 0.15) is 0 Å². The van der Waals surface area contributed by atoms with Gasteiger partial charge in [-0.05, 0) is 23.3 Å². The summed E-state index contributed by atoms with van der Waals surface area (Å²) in [5, 5.41) is 14.0. The summed E-state index contributed by atoms with van der Waals surface area (Å²) in [4.78, 5) is 3.78. The van der Waals surface area contributed by atoms with Crippen LogP contribution < -0.4 is 0 Å². The Hall–Kier alpha value is -2.43. The summed E-state index contributed by atoms with van der Waals surface area (Å²) in [6.07, 6.45) is 3.50. The second-order valence-corrected chi connectivity index (χ2v) is 3.87. The van der Waals surface area contributed by atoms with Gasteiger partial charge in [-0.25, -0.2) is 0 Å². The minimum atomic E-state index is 0. The van der Waals surface area contributed by atoms with E-state index in [4.69, 9.17) is 10.0 Å². The van der Waals surface area contributed by atoms with Crippen LogP contribution in [0.15, 0.2) is 91.3 Å². The molecule has 1 heterocycles. The molecule has 0 amide bonds. The van der Waals surface area contributed by atoms with Crippen molar-refractivity contribution >= 4 is 7.69 Å². The van der Waals surface area contributed by atoms with Gasteiger partial charge in [0.05, 0.1) is 0 Å². The Labute approximate surface area is 125 Å². The van der Waals surface area contributed by atoms with Crippen molar-refractivity contribution in [2.75, 3.05) is 0 Å². The second-order valence-electron chi connectivity index (χ2n) is 3.87. The highest BCUT2D eigenvalue weighted by Gasteiger charge is 1.91. The molecule has 0 atom stereocenters. The molecule has 0 unspecified atom stereocenters. The van der Waals surface area contributed by atoms with Crippen molar-refractivity contribution in [1.82, 2.24) is 4.98 Å². The monoisotopic (exact) mass is 278 g/mol. The Kier molecular flexibility index (Phi) is 9.03. The van der Waals surface area contributed by atoms with Crippen LogP contribution in [-0.2, 0) is 0 Å². The van der Waals surface area contributed by atoms with Crippen molar-refractivity contribution in [3.05, 3.63) is 91.3 Å². The Morgan fingerprint density at radius 2 is 0.905 bits per heavy atom. The summed E-state index contributed by atoms with van der Waals surface area (Å²) in [5.74, 6) is 0. The molecule has 1 aromatic heterocycles. The highest BCUT2D eigenvalue weighted by atomic mass is 16.4. The van der Waals surface area contributed by atoms with Crippen molar-refractivity contribution < 1.29 is 10.0 Å². The SMILES string of the molecule is O[B]O.c1ccc(-c2ccccc2)cc1.c1ccncc1.